The Hall–Kier alpha value is -3.16. The number of benzene rings is 1. The number of fused-ring (bicyclic) bond motifs is 1. The number of carbonyl (C=O) groups excluding carboxylic acids is 1. The highest BCUT2D eigenvalue weighted by molar-refractivity contribution is 6.27. The molecule has 1 atom stereocenters. The largest absolute Gasteiger partial charge is 0.494 e. The highest BCUT2D eigenvalue weighted by Gasteiger charge is 2.33. The van der Waals surface area contributed by atoms with Crippen molar-refractivity contribution in [2.75, 3.05) is 57.8 Å². The summed E-state index contributed by atoms with van der Waals surface area (Å²) in [7, 11) is 3.13. The van der Waals surface area contributed by atoms with Crippen LogP contribution in [0.1, 0.15) is 43.4 Å². The minimum absolute atomic E-state index is 0.0272. The number of carbonyl (C=O) groups is 1. The Morgan fingerprint density at radius 2 is 1.92 bits per heavy atom. The maximum Gasteiger partial charge on any atom is 0.296 e. The van der Waals surface area contributed by atoms with Crippen molar-refractivity contribution in [1.29, 1.82) is 0 Å². The molecule has 2 fully saturated rings. The number of hydrogen-bond acceptors (Lipinski definition) is 9. The molecule has 14 heteroatoms. The van der Waals surface area contributed by atoms with E-state index < -0.39 is 12.2 Å². The van der Waals surface area contributed by atoms with Gasteiger partial charge < -0.3 is 14.4 Å². The van der Waals surface area contributed by atoms with E-state index in [2.05, 4.69) is 9.97 Å². The number of rotatable bonds is 7. The van der Waals surface area contributed by atoms with Gasteiger partial charge in [0.15, 0.2) is 11.6 Å². The van der Waals surface area contributed by atoms with Crippen molar-refractivity contribution in [3.05, 3.63) is 29.8 Å². The maximum atomic E-state index is 14.3. The lowest BCUT2D eigenvalue weighted by atomic mass is 10.0. The molecule has 2 aliphatic rings. The highest BCUT2D eigenvalue weighted by atomic mass is 35.5. The summed E-state index contributed by atoms with van der Waals surface area (Å²) in [6.45, 7) is 2.67. The van der Waals surface area contributed by atoms with Gasteiger partial charge in [-0.25, -0.2) is 18.8 Å². The third kappa shape index (κ3) is 4.97. The van der Waals surface area contributed by atoms with Gasteiger partial charge in [0.1, 0.15) is 17.1 Å². The molecule has 0 unspecified atom stereocenters. The van der Waals surface area contributed by atoms with Crippen LogP contribution in [0.15, 0.2) is 18.2 Å². The second kappa shape index (κ2) is 11.3. The van der Waals surface area contributed by atoms with Gasteiger partial charge in [-0.15, -0.1) is 11.6 Å². The van der Waals surface area contributed by atoms with Crippen LogP contribution in [-0.2, 0) is 9.53 Å². The first-order valence-corrected chi connectivity index (χ1v) is 13.0. The standard InChI is InChI=1S/C24H29ClF2N8O3/c1-32(18(36)14-25)34-9-4-3-6-16(34)21-29-23(33-10-12-38-13-11-33)31-24(30-21)35-15-7-5-8-17(37-2)19(15)28-22(35)20(26)27/h5,7-8,16,20H,3-4,6,9-14H2,1-2H3/t16-/m0/s1. The number of anilines is 1. The van der Waals surface area contributed by atoms with Crippen LogP contribution in [0.25, 0.3) is 17.0 Å². The maximum absolute atomic E-state index is 14.3. The number of amides is 1. The van der Waals surface area contributed by atoms with E-state index in [1.165, 1.54) is 16.7 Å². The zero-order valence-electron chi connectivity index (χ0n) is 21.2. The number of hydrogen-bond donors (Lipinski definition) is 0. The average Bonchev–Trinajstić information content (AvgIpc) is 3.37. The number of piperidine rings is 1. The number of methoxy groups -OCH3 is 1. The summed E-state index contributed by atoms with van der Waals surface area (Å²) in [4.78, 5) is 32.7. The molecule has 2 aliphatic heterocycles. The van der Waals surface area contributed by atoms with Crippen molar-refractivity contribution >= 4 is 34.5 Å². The predicted molar refractivity (Wildman–Crippen MR) is 136 cm³/mol. The van der Waals surface area contributed by atoms with Crippen LogP contribution in [0.5, 0.6) is 5.75 Å². The van der Waals surface area contributed by atoms with E-state index in [4.69, 9.17) is 31.0 Å². The molecule has 2 aromatic heterocycles. The van der Waals surface area contributed by atoms with E-state index in [0.29, 0.717) is 62.3 Å². The first-order chi connectivity index (χ1) is 18.4. The Bertz CT molecular complexity index is 1300. The summed E-state index contributed by atoms with van der Waals surface area (Å²) >= 11 is 5.84. The number of morpholine rings is 1. The second-order valence-electron chi connectivity index (χ2n) is 9.05. The molecular weight excluding hydrogens is 522 g/mol. The van der Waals surface area contributed by atoms with Gasteiger partial charge >= 0.3 is 0 Å². The third-order valence-electron chi connectivity index (χ3n) is 6.85. The van der Waals surface area contributed by atoms with Crippen LogP contribution >= 0.6 is 11.6 Å². The second-order valence-corrected chi connectivity index (χ2v) is 9.32. The number of nitrogens with zero attached hydrogens (tertiary/aromatic N) is 8. The molecule has 11 nitrogen and oxygen atoms in total. The number of aromatic nitrogens is 5. The van der Waals surface area contributed by atoms with Crippen LogP contribution in [-0.4, -0.2) is 93.3 Å². The molecule has 3 aromatic rings. The minimum Gasteiger partial charge on any atom is -0.494 e. The molecule has 0 aliphatic carbocycles. The molecule has 4 heterocycles. The van der Waals surface area contributed by atoms with Gasteiger partial charge in [-0.05, 0) is 25.0 Å². The molecule has 2 saturated heterocycles. The predicted octanol–water partition coefficient (Wildman–Crippen LogP) is 3.13. The molecule has 0 radical (unpaired) electrons. The van der Waals surface area contributed by atoms with E-state index in [1.54, 1.807) is 25.2 Å². The first kappa shape index (κ1) is 26.4. The van der Waals surface area contributed by atoms with Gasteiger partial charge in [-0.2, -0.15) is 15.0 Å². The lowest BCUT2D eigenvalue weighted by Crippen LogP contribution is -2.49. The highest BCUT2D eigenvalue weighted by Crippen LogP contribution is 2.34. The molecule has 5 rings (SSSR count). The van der Waals surface area contributed by atoms with Crippen LogP contribution in [0, 0.1) is 0 Å². The Kier molecular flexibility index (Phi) is 7.86. The fourth-order valence-electron chi connectivity index (χ4n) is 4.90. The van der Waals surface area contributed by atoms with Crippen LogP contribution < -0.4 is 9.64 Å². The summed E-state index contributed by atoms with van der Waals surface area (Å²) in [6.07, 6.45) is -0.443. The zero-order chi connectivity index (χ0) is 26.8. The van der Waals surface area contributed by atoms with E-state index in [1.807, 2.05) is 9.91 Å². The summed E-state index contributed by atoms with van der Waals surface area (Å²) in [6, 6.07) is 4.67. The number of para-hydroxylation sites is 1. The van der Waals surface area contributed by atoms with E-state index in [0.717, 1.165) is 12.8 Å². The summed E-state index contributed by atoms with van der Waals surface area (Å²) < 4.78 is 40.7. The van der Waals surface area contributed by atoms with Gasteiger partial charge in [0, 0.05) is 26.7 Å². The average molecular weight is 551 g/mol. The Morgan fingerprint density at radius 3 is 2.63 bits per heavy atom. The number of alkyl halides is 3. The third-order valence-corrected chi connectivity index (χ3v) is 7.07. The quantitative estimate of drug-likeness (QED) is 0.411. The summed E-state index contributed by atoms with van der Waals surface area (Å²) in [5, 5.41) is 3.39. The number of ether oxygens (including phenoxy) is 2. The minimum atomic E-state index is -2.89. The molecule has 38 heavy (non-hydrogen) atoms. The molecule has 0 saturated carbocycles. The SMILES string of the molecule is COc1cccc2c1nc(C(F)F)n2-c1nc([C@@H]2CCCCN2N(C)C(=O)CCl)nc(N2CCOCC2)n1. The Balaban J connectivity index is 1.69. The fraction of sp³-hybridized carbons (Fsp3) is 0.542. The Labute approximate surface area is 223 Å². The zero-order valence-corrected chi connectivity index (χ0v) is 21.9. The molecule has 0 spiro atoms. The van der Waals surface area contributed by atoms with Crippen molar-refractivity contribution in [2.45, 2.75) is 31.7 Å². The molecule has 0 bridgehead atoms. The van der Waals surface area contributed by atoms with E-state index >= 15 is 0 Å². The topological polar surface area (TPSA) is 102 Å². The Morgan fingerprint density at radius 1 is 1.16 bits per heavy atom. The van der Waals surface area contributed by atoms with Crippen molar-refractivity contribution in [1.82, 2.24) is 34.5 Å². The molecule has 0 N–H and O–H groups in total. The first-order valence-electron chi connectivity index (χ1n) is 12.4. The van der Waals surface area contributed by atoms with Gasteiger partial charge in [0.25, 0.3) is 12.3 Å². The summed E-state index contributed by atoms with van der Waals surface area (Å²) in [5.41, 5.74) is 0.673. The lowest BCUT2D eigenvalue weighted by Gasteiger charge is -2.40. The summed E-state index contributed by atoms with van der Waals surface area (Å²) in [5.74, 6) is 0.218. The van der Waals surface area contributed by atoms with Gasteiger partial charge in [0.2, 0.25) is 11.9 Å². The number of halogens is 3. The molecular formula is C24H29ClF2N8O3. The smallest absolute Gasteiger partial charge is 0.296 e. The number of hydrazine groups is 1. The molecule has 204 valence electrons. The number of imidazole rings is 1. The van der Waals surface area contributed by atoms with Crippen LogP contribution in [0.2, 0.25) is 0 Å². The van der Waals surface area contributed by atoms with Crippen molar-refractivity contribution < 1.29 is 23.0 Å². The van der Waals surface area contributed by atoms with Gasteiger partial charge in [0.05, 0.1) is 31.9 Å². The van der Waals surface area contributed by atoms with E-state index in [9.17, 15) is 13.6 Å². The van der Waals surface area contributed by atoms with Crippen LogP contribution in [0.3, 0.4) is 0 Å². The van der Waals surface area contributed by atoms with Crippen molar-refractivity contribution in [3.8, 4) is 11.7 Å². The molecule has 1 amide bonds. The van der Waals surface area contributed by atoms with Crippen LogP contribution in [0.4, 0.5) is 14.7 Å². The fourth-order valence-corrected chi connectivity index (χ4v) is 5.08. The normalized spacial score (nSPS) is 18.8. The molecule has 1 aromatic carbocycles. The lowest BCUT2D eigenvalue weighted by molar-refractivity contribution is -0.150. The van der Waals surface area contributed by atoms with Gasteiger partial charge in [-0.1, -0.05) is 12.5 Å². The monoisotopic (exact) mass is 550 g/mol. The van der Waals surface area contributed by atoms with Crippen molar-refractivity contribution in [2.24, 2.45) is 0 Å². The van der Waals surface area contributed by atoms with Crippen molar-refractivity contribution in [3.63, 3.8) is 0 Å². The van der Waals surface area contributed by atoms with Gasteiger partial charge in [-0.3, -0.25) is 14.4 Å². The van der Waals surface area contributed by atoms with E-state index in [-0.39, 0.29) is 29.3 Å².